The van der Waals surface area contributed by atoms with Crippen LogP contribution in [0.25, 0.3) is 0 Å². The third kappa shape index (κ3) is 4.44. The van der Waals surface area contributed by atoms with Crippen LogP contribution < -0.4 is 0 Å². The Kier molecular flexibility index (Phi) is 5.67. The van der Waals surface area contributed by atoms with Crippen LogP contribution in [-0.4, -0.2) is 48.5 Å². The summed E-state index contributed by atoms with van der Waals surface area (Å²) in [5, 5.41) is 10.0. The lowest BCUT2D eigenvalue weighted by Gasteiger charge is -2.38. The van der Waals surface area contributed by atoms with Crippen molar-refractivity contribution >= 4 is 0 Å². The topological polar surface area (TPSA) is 32.7 Å². The summed E-state index contributed by atoms with van der Waals surface area (Å²) in [5.41, 5.74) is 0. The maximum atomic E-state index is 10.0. The number of likely N-dealkylation sites (tertiary alicyclic amines) is 1. The molecule has 3 nitrogen and oxygen atoms in total. The van der Waals surface area contributed by atoms with Crippen LogP contribution in [0, 0.1) is 17.8 Å². The first-order valence-electron chi connectivity index (χ1n) is 8.08. The molecule has 1 saturated carbocycles. The smallest absolute Gasteiger partial charge is 0.0900 e. The Bertz CT molecular complexity index is 265. The maximum Gasteiger partial charge on any atom is 0.0900 e. The number of aliphatic hydroxyl groups is 1. The fourth-order valence-electron chi connectivity index (χ4n) is 3.46. The molecule has 1 saturated heterocycles. The Labute approximate surface area is 118 Å². The molecule has 1 heterocycles. The van der Waals surface area contributed by atoms with Crippen molar-refractivity contribution in [1.82, 2.24) is 4.90 Å². The average Bonchev–Trinajstić information content (AvgIpc) is 2.31. The van der Waals surface area contributed by atoms with Gasteiger partial charge in [-0.05, 0) is 50.1 Å². The van der Waals surface area contributed by atoms with E-state index >= 15 is 0 Å². The van der Waals surface area contributed by atoms with Crippen LogP contribution in [0.1, 0.15) is 46.5 Å². The number of β-amino-alcohol motifs (C(OH)–C–C–N with tert-alkyl or cyclic N) is 1. The van der Waals surface area contributed by atoms with Gasteiger partial charge in [0.05, 0.1) is 18.8 Å². The van der Waals surface area contributed by atoms with Gasteiger partial charge in [-0.2, -0.15) is 0 Å². The maximum absolute atomic E-state index is 10.0. The highest BCUT2D eigenvalue weighted by Gasteiger charge is 2.31. The molecule has 0 amide bonds. The van der Waals surface area contributed by atoms with Crippen molar-refractivity contribution in [3.63, 3.8) is 0 Å². The van der Waals surface area contributed by atoms with Gasteiger partial charge in [-0.15, -0.1) is 0 Å². The minimum Gasteiger partial charge on any atom is -0.389 e. The van der Waals surface area contributed by atoms with Crippen LogP contribution in [0.3, 0.4) is 0 Å². The summed E-state index contributed by atoms with van der Waals surface area (Å²) >= 11 is 0. The summed E-state index contributed by atoms with van der Waals surface area (Å²) in [5.74, 6) is 2.13. The minimum atomic E-state index is -0.314. The van der Waals surface area contributed by atoms with Crippen LogP contribution in [0.4, 0.5) is 0 Å². The summed E-state index contributed by atoms with van der Waals surface area (Å²) in [6.45, 7) is 10.5. The Morgan fingerprint density at radius 1 is 1.26 bits per heavy atom. The average molecular weight is 269 g/mol. The Hall–Kier alpha value is -0.120. The molecule has 0 spiro atoms. The summed E-state index contributed by atoms with van der Waals surface area (Å²) in [6, 6.07) is 0. The molecule has 1 aliphatic carbocycles. The molecule has 0 aromatic rings. The zero-order valence-electron chi connectivity index (χ0n) is 12.8. The van der Waals surface area contributed by atoms with Gasteiger partial charge in [0.15, 0.2) is 0 Å². The van der Waals surface area contributed by atoms with Crippen molar-refractivity contribution < 1.29 is 9.84 Å². The number of ether oxygens (including phenoxy) is 1. The molecule has 4 unspecified atom stereocenters. The first-order chi connectivity index (χ1) is 9.06. The van der Waals surface area contributed by atoms with Crippen LogP contribution >= 0.6 is 0 Å². The summed E-state index contributed by atoms with van der Waals surface area (Å²) in [4.78, 5) is 2.30. The number of aliphatic hydroxyl groups excluding tert-OH is 1. The van der Waals surface area contributed by atoms with E-state index in [0.29, 0.717) is 24.5 Å². The molecule has 1 N–H and O–H groups in total. The van der Waals surface area contributed by atoms with E-state index in [2.05, 4.69) is 25.7 Å². The number of rotatable bonds is 6. The summed E-state index contributed by atoms with van der Waals surface area (Å²) in [6.07, 6.45) is 5.10. The van der Waals surface area contributed by atoms with Crippen molar-refractivity contribution in [3.05, 3.63) is 0 Å². The molecule has 3 heteroatoms. The standard InChI is InChI=1S/C16H31NO2/c1-12(2)15-6-5-13(3)9-16(15)19-11-14(18)10-17-7-4-8-17/h12-16,18H,4-11H2,1-3H3. The van der Waals surface area contributed by atoms with Crippen molar-refractivity contribution in [3.8, 4) is 0 Å². The molecular weight excluding hydrogens is 238 g/mol. The van der Waals surface area contributed by atoms with Gasteiger partial charge >= 0.3 is 0 Å². The lowest BCUT2D eigenvalue weighted by Crippen LogP contribution is -2.44. The van der Waals surface area contributed by atoms with E-state index in [1.54, 1.807) is 0 Å². The van der Waals surface area contributed by atoms with Gasteiger partial charge in [0.2, 0.25) is 0 Å². The number of nitrogens with zero attached hydrogens (tertiary/aromatic N) is 1. The van der Waals surface area contributed by atoms with E-state index in [9.17, 15) is 5.11 Å². The first-order valence-corrected chi connectivity index (χ1v) is 8.08. The molecule has 0 aromatic heterocycles. The zero-order chi connectivity index (χ0) is 13.8. The second kappa shape index (κ2) is 7.05. The molecule has 2 fully saturated rings. The third-order valence-corrected chi connectivity index (χ3v) is 4.88. The fourth-order valence-corrected chi connectivity index (χ4v) is 3.46. The van der Waals surface area contributed by atoms with Gasteiger partial charge in [0.1, 0.15) is 0 Å². The monoisotopic (exact) mass is 269 g/mol. The summed E-state index contributed by atoms with van der Waals surface area (Å²) in [7, 11) is 0. The van der Waals surface area contributed by atoms with Gasteiger partial charge in [0, 0.05) is 6.54 Å². The molecule has 0 aromatic carbocycles. The van der Waals surface area contributed by atoms with Crippen LogP contribution in [0.2, 0.25) is 0 Å². The van der Waals surface area contributed by atoms with E-state index in [-0.39, 0.29) is 6.10 Å². The largest absolute Gasteiger partial charge is 0.389 e. The van der Waals surface area contributed by atoms with Crippen LogP contribution in [0.5, 0.6) is 0 Å². The third-order valence-electron chi connectivity index (χ3n) is 4.88. The van der Waals surface area contributed by atoms with Crippen molar-refractivity contribution in [2.45, 2.75) is 58.7 Å². The van der Waals surface area contributed by atoms with E-state index in [1.807, 2.05) is 0 Å². The summed E-state index contributed by atoms with van der Waals surface area (Å²) < 4.78 is 6.08. The van der Waals surface area contributed by atoms with E-state index in [0.717, 1.165) is 25.6 Å². The highest BCUT2D eigenvalue weighted by Crippen LogP contribution is 2.35. The molecule has 0 bridgehead atoms. The minimum absolute atomic E-state index is 0.314. The number of hydrogen-bond donors (Lipinski definition) is 1. The molecule has 19 heavy (non-hydrogen) atoms. The molecule has 0 radical (unpaired) electrons. The van der Waals surface area contributed by atoms with Gasteiger partial charge in [-0.25, -0.2) is 0 Å². The quantitative estimate of drug-likeness (QED) is 0.804. The normalized spacial score (nSPS) is 34.3. The van der Waals surface area contributed by atoms with Crippen molar-refractivity contribution in [2.75, 3.05) is 26.2 Å². The lowest BCUT2D eigenvalue weighted by atomic mass is 9.75. The van der Waals surface area contributed by atoms with Gasteiger partial charge in [-0.1, -0.05) is 27.2 Å². The molecule has 2 rings (SSSR count). The second-order valence-corrected chi connectivity index (χ2v) is 7.01. The Morgan fingerprint density at radius 3 is 2.58 bits per heavy atom. The molecule has 2 aliphatic rings. The SMILES string of the molecule is CC1CCC(C(C)C)C(OCC(O)CN2CCC2)C1. The van der Waals surface area contributed by atoms with Crippen LogP contribution in [-0.2, 0) is 4.74 Å². The molecular formula is C16H31NO2. The fraction of sp³-hybridized carbons (Fsp3) is 1.00. The van der Waals surface area contributed by atoms with Gasteiger partial charge in [-0.3, -0.25) is 0 Å². The van der Waals surface area contributed by atoms with E-state index < -0.39 is 0 Å². The van der Waals surface area contributed by atoms with Crippen LogP contribution in [0.15, 0.2) is 0 Å². The van der Waals surface area contributed by atoms with Gasteiger partial charge in [0.25, 0.3) is 0 Å². The lowest BCUT2D eigenvalue weighted by molar-refractivity contribution is -0.0764. The molecule has 4 atom stereocenters. The number of hydrogen-bond acceptors (Lipinski definition) is 3. The molecule has 1 aliphatic heterocycles. The second-order valence-electron chi connectivity index (χ2n) is 7.01. The predicted octanol–water partition coefficient (Wildman–Crippen LogP) is 2.53. The highest BCUT2D eigenvalue weighted by atomic mass is 16.5. The van der Waals surface area contributed by atoms with Crippen molar-refractivity contribution in [1.29, 1.82) is 0 Å². The van der Waals surface area contributed by atoms with E-state index in [4.69, 9.17) is 4.74 Å². The van der Waals surface area contributed by atoms with Crippen molar-refractivity contribution in [2.24, 2.45) is 17.8 Å². The Balaban J connectivity index is 1.74. The zero-order valence-corrected chi connectivity index (χ0v) is 12.8. The predicted molar refractivity (Wildman–Crippen MR) is 78.1 cm³/mol. The van der Waals surface area contributed by atoms with Gasteiger partial charge < -0.3 is 14.7 Å². The van der Waals surface area contributed by atoms with E-state index in [1.165, 1.54) is 25.7 Å². The highest BCUT2D eigenvalue weighted by molar-refractivity contribution is 4.82. The molecule has 112 valence electrons. The first kappa shape index (κ1) is 15.3. The Morgan fingerprint density at radius 2 is 2.00 bits per heavy atom.